The van der Waals surface area contributed by atoms with Crippen molar-refractivity contribution in [3.63, 3.8) is 0 Å². The predicted octanol–water partition coefficient (Wildman–Crippen LogP) is 2.60. The summed E-state index contributed by atoms with van der Waals surface area (Å²) in [4.78, 5) is 32.8. The van der Waals surface area contributed by atoms with Gasteiger partial charge in [0.1, 0.15) is 0 Å². The Bertz CT molecular complexity index is 598. The molecule has 1 rings (SSSR count). The van der Waals surface area contributed by atoms with Crippen molar-refractivity contribution in [1.29, 1.82) is 0 Å². The lowest BCUT2D eigenvalue weighted by Gasteiger charge is -2.12. The smallest absolute Gasteiger partial charge is 0.416 e. The molecule has 0 aromatic heterocycles. The zero-order valence-electron chi connectivity index (χ0n) is 11.1. The first-order chi connectivity index (χ1) is 10.1. The molecule has 1 aromatic carbocycles. The number of hydrogen-bond acceptors (Lipinski definition) is 3. The van der Waals surface area contributed by atoms with Crippen LogP contribution in [-0.2, 0) is 15.8 Å². The van der Waals surface area contributed by atoms with E-state index >= 15 is 0 Å². The molecule has 0 atom stereocenters. The number of nitrogens with one attached hydrogen (secondary N) is 1. The monoisotopic (exact) mass is 319 g/mol. The molecule has 0 fully saturated rings. The van der Waals surface area contributed by atoms with Crippen molar-refractivity contribution < 1.29 is 37.8 Å². The maximum absolute atomic E-state index is 12.6. The highest BCUT2D eigenvalue weighted by Gasteiger charge is 2.31. The molecule has 9 heteroatoms. The molecule has 0 saturated heterocycles. The molecule has 1 amide bonds. The number of amides is 1. The topological polar surface area (TPSA) is 104 Å². The molecule has 0 saturated carbocycles. The number of carboxylic acid groups (broad SMARTS) is 2. The van der Waals surface area contributed by atoms with Crippen molar-refractivity contribution in [2.24, 2.45) is 0 Å². The van der Waals surface area contributed by atoms with Gasteiger partial charge in [-0.25, -0.2) is 4.79 Å². The Morgan fingerprint density at radius 1 is 1.09 bits per heavy atom. The average molecular weight is 319 g/mol. The van der Waals surface area contributed by atoms with Gasteiger partial charge in [-0.1, -0.05) is 0 Å². The van der Waals surface area contributed by atoms with Gasteiger partial charge in [-0.05, 0) is 24.6 Å². The number of carboxylic acids is 2. The minimum atomic E-state index is -4.68. The van der Waals surface area contributed by atoms with Gasteiger partial charge in [-0.2, -0.15) is 13.2 Å². The van der Waals surface area contributed by atoms with Crippen molar-refractivity contribution >= 4 is 23.5 Å². The average Bonchev–Trinajstić information content (AvgIpc) is 2.36. The fraction of sp³-hybridized carbons (Fsp3) is 0.308. The van der Waals surface area contributed by atoms with E-state index in [4.69, 9.17) is 10.2 Å². The van der Waals surface area contributed by atoms with Crippen molar-refractivity contribution in [1.82, 2.24) is 0 Å². The van der Waals surface area contributed by atoms with Gasteiger partial charge < -0.3 is 15.5 Å². The van der Waals surface area contributed by atoms with Gasteiger partial charge >= 0.3 is 18.1 Å². The maximum Gasteiger partial charge on any atom is 0.416 e. The summed E-state index contributed by atoms with van der Waals surface area (Å²) in [7, 11) is 0. The van der Waals surface area contributed by atoms with Crippen LogP contribution in [0.5, 0.6) is 0 Å². The molecule has 0 heterocycles. The third-order valence-corrected chi connectivity index (χ3v) is 2.65. The summed E-state index contributed by atoms with van der Waals surface area (Å²) in [6.45, 7) is 0. The van der Waals surface area contributed by atoms with E-state index < -0.39 is 40.8 Å². The van der Waals surface area contributed by atoms with E-state index in [1.165, 1.54) is 0 Å². The predicted molar refractivity (Wildman–Crippen MR) is 68.5 cm³/mol. The number of hydrogen-bond donors (Lipinski definition) is 3. The largest absolute Gasteiger partial charge is 0.481 e. The van der Waals surface area contributed by atoms with E-state index in [1.807, 2.05) is 0 Å². The molecule has 0 aliphatic carbocycles. The molecule has 0 radical (unpaired) electrons. The second kappa shape index (κ2) is 6.92. The van der Waals surface area contributed by atoms with Crippen LogP contribution in [0, 0.1) is 0 Å². The van der Waals surface area contributed by atoms with E-state index in [-0.39, 0.29) is 19.3 Å². The van der Waals surface area contributed by atoms with E-state index in [9.17, 15) is 27.6 Å². The van der Waals surface area contributed by atoms with Crippen LogP contribution in [0.3, 0.4) is 0 Å². The summed E-state index contributed by atoms with van der Waals surface area (Å²) in [5.41, 5.74) is -2.07. The van der Waals surface area contributed by atoms with Gasteiger partial charge in [0, 0.05) is 12.8 Å². The quantitative estimate of drug-likeness (QED) is 0.747. The van der Waals surface area contributed by atoms with Crippen molar-refractivity contribution in [2.75, 3.05) is 5.32 Å². The number of alkyl halides is 3. The first-order valence-electron chi connectivity index (χ1n) is 6.07. The lowest BCUT2D eigenvalue weighted by Crippen LogP contribution is -2.16. The summed E-state index contributed by atoms with van der Waals surface area (Å²) >= 11 is 0. The van der Waals surface area contributed by atoms with E-state index in [1.54, 1.807) is 0 Å². The summed E-state index contributed by atoms with van der Waals surface area (Å²) in [6.07, 6.45) is -5.22. The molecule has 0 aliphatic rings. The van der Waals surface area contributed by atoms with Crippen LogP contribution < -0.4 is 5.32 Å². The Kier molecular flexibility index (Phi) is 5.50. The highest BCUT2D eigenvalue weighted by molar-refractivity contribution is 6.00. The summed E-state index contributed by atoms with van der Waals surface area (Å²) < 4.78 is 37.8. The highest BCUT2D eigenvalue weighted by Crippen LogP contribution is 2.32. The second-order valence-corrected chi connectivity index (χ2v) is 4.36. The number of carbonyl (C=O) groups is 3. The van der Waals surface area contributed by atoms with Crippen LogP contribution in [0.25, 0.3) is 0 Å². The molecule has 0 aliphatic heterocycles. The summed E-state index contributed by atoms with van der Waals surface area (Å²) in [5.74, 6) is -3.37. The lowest BCUT2D eigenvalue weighted by molar-refractivity contribution is -0.138. The van der Waals surface area contributed by atoms with Gasteiger partial charge in [-0.3, -0.25) is 9.59 Å². The number of anilines is 1. The molecular formula is C13H12F3NO5. The summed E-state index contributed by atoms with van der Waals surface area (Å²) in [6, 6.07) is 1.88. The fourth-order valence-corrected chi connectivity index (χ4v) is 1.62. The molecule has 0 spiro atoms. The van der Waals surface area contributed by atoms with Crippen molar-refractivity contribution in [2.45, 2.75) is 25.4 Å². The molecule has 6 nitrogen and oxygen atoms in total. The molecule has 3 N–H and O–H groups in total. The second-order valence-electron chi connectivity index (χ2n) is 4.36. The highest BCUT2D eigenvalue weighted by atomic mass is 19.4. The first-order valence-corrected chi connectivity index (χ1v) is 6.07. The van der Waals surface area contributed by atoms with E-state index in [0.29, 0.717) is 12.1 Å². The normalized spacial score (nSPS) is 11.0. The Hall–Kier alpha value is -2.58. The van der Waals surface area contributed by atoms with Crippen molar-refractivity contribution in [3.05, 3.63) is 29.3 Å². The maximum atomic E-state index is 12.6. The SMILES string of the molecule is O=C(O)CCCC(=O)Nc1cc(C(F)(F)F)ccc1C(=O)O. The third kappa shape index (κ3) is 5.08. The Balaban J connectivity index is 2.93. The van der Waals surface area contributed by atoms with Gasteiger partial charge in [0.05, 0.1) is 16.8 Å². The number of benzene rings is 1. The molecule has 22 heavy (non-hydrogen) atoms. The minimum Gasteiger partial charge on any atom is -0.481 e. The third-order valence-electron chi connectivity index (χ3n) is 2.65. The number of aromatic carboxylic acids is 1. The van der Waals surface area contributed by atoms with Crippen LogP contribution in [-0.4, -0.2) is 28.1 Å². The standard InChI is InChI=1S/C13H12F3NO5/c14-13(15,16)7-4-5-8(12(21)22)9(6-7)17-10(18)2-1-3-11(19)20/h4-6H,1-3H2,(H,17,18)(H,19,20)(H,21,22). The Morgan fingerprint density at radius 3 is 2.23 bits per heavy atom. The van der Waals surface area contributed by atoms with Gasteiger partial charge in [0.25, 0.3) is 0 Å². The van der Waals surface area contributed by atoms with Crippen LogP contribution in [0.1, 0.15) is 35.2 Å². The van der Waals surface area contributed by atoms with Gasteiger partial charge in [0.2, 0.25) is 5.91 Å². The molecule has 0 unspecified atom stereocenters. The van der Waals surface area contributed by atoms with Gasteiger partial charge in [-0.15, -0.1) is 0 Å². The molecule has 0 bridgehead atoms. The van der Waals surface area contributed by atoms with Crippen molar-refractivity contribution in [3.8, 4) is 0 Å². The zero-order chi connectivity index (χ0) is 16.9. The lowest BCUT2D eigenvalue weighted by atomic mass is 10.1. The van der Waals surface area contributed by atoms with Crippen LogP contribution in [0.4, 0.5) is 18.9 Å². The molecule has 120 valence electrons. The number of aliphatic carboxylic acids is 1. The van der Waals surface area contributed by atoms with Crippen LogP contribution in [0.2, 0.25) is 0 Å². The first kappa shape index (κ1) is 17.5. The van der Waals surface area contributed by atoms with Crippen LogP contribution in [0.15, 0.2) is 18.2 Å². The fourth-order valence-electron chi connectivity index (χ4n) is 1.62. The number of carbonyl (C=O) groups excluding carboxylic acids is 1. The Labute approximate surface area is 122 Å². The van der Waals surface area contributed by atoms with Gasteiger partial charge in [0.15, 0.2) is 0 Å². The zero-order valence-corrected chi connectivity index (χ0v) is 11.1. The Morgan fingerprint density at radius 2 is 1.73 bits per heavy atom. The molecule has 1 aromatic rings. The minimum absolute atomic E-state index is 0.0114. The number of rotatable bonds is 6. The van der Waals surface area contributed by atoms with E-state index in [2.05, 4.69) is 5.32 Å². The van der Waals surface area contributed by atoms with E-state index in [0.717, 1.165) is 6.07 Å². The van der Waals surface area contributed by atoms with Crippen LogP contribution >= 0.6 is 0 Å². The summed E-state index contributed by atoms with van der Waals surface area (Å²) in [5, 5.41) is 19.4. The molecular weight excluding hydrogens is 307 g/mol. The number of halogens is 3.